The molecule has 0 radical (unpaired) electrons. The Balaban J connectivity index is 1.49. The first-order chi connectivity index (χ1) is 16.2. The maximum Gasteiger partial charge on any atom is 0.433 e. The van der Waals surface area contributed by atoms with Crippen molar-refractivity contribution < 1.29 is 26.8 Å². The van der Waals surface area contributed by atoms with Crippen molar-refractivity contribution in [3.8, 4) is 22.4 Å². The van der Waals surface area contributed by atoms with Crippen LogP contribution in [0.25, 0.3) is 33.6 Å². The third kappa shape index (κ3) is 3.86. The Morgan fingerprint density at radius 1 is 0.912 bits per heavy atom. The van der Waals surface area contributed by atoms with Crippen molar-refractivity contribution in [1.29, 1.82) is 0 Å². The fraction of sp³-hybridized carbons (Fsp3) is 0.0400. The average molecular weight is 485 g/mol. The van der Waals surface area contributed by atoms with Crippen LogP contribution in [-0.4, -0.2) is 10.9 Å². The van der Waals surface area contributed by atoms with Gasteiger partial charge in [0, 0.05) is 16.8 Å². The van der Waals surface area contributed by atoms with E-state index in [2.05, 4.69) is 10.3 Å². The van der Waals surface area contributed by atoms with Gasteiger partial charge in [-0.25, -0.2) is 9.37 Å². The van der Waals surface area contributed by atoms with E-state index in [1.807, 2.05) is 0 Å². The molecule has 3 aromatic heterocycles. The highest BCUT2D eigenvalue weighted by Crippen LogP contribution is 2.38. The predicted octanol–water partition coefficient (Wildman–Crippen LogP) is 7.66. The highest BCUT2D eigenvalue weighted by atomic mass is 35.5. The lowest BCUT2D eigenvalue weighted by Gasteiger charge is -2.11. The van der Waals surface area contributed by atoms with Gasteiger partial charge in [-0.2, -0.15) is 13.2 Å². The Bertz CT molecular complexity index is 1530. The second kappa shape index (κ2) is 8.14. The molecular formula is C25H13ClF4N2O2. The second-order valence-corrected chi connectivity index (χ2v) is 7.86. The molecule has 0 spiro atoms. The van der Waals surface area contributed by atoms with E-state index in [9.17, 15) is 22.4 Å². The maximum atomic E-state index is 14.1. The third-order valence-corrected chi connectivity index (χ3v) is 5.58. The summed E-state index contributed by atoms with van der Waals surface area (Å²) in [4.78, 5) is 16.8. The summed E-state index contributed by atoms with van der Waals surface area (Å²) in [6.07, 6.45) is -4.64. The van der Waals surface area contributed by atoms with Crippen molar-refractivity contribution in [1.82, 2.24) is 4.98 Å². The number of carbonyl (C=O) groups excluding carboxylic acids is 1. The largest absolute Gasteiger partial charge is 0.456 e. The number of rotatable bonds is 4. The molecule has 0 aliphatic rings. The van der Waals surface area contributed by atoms with Crippen LogP contribution in [0, 0.1) is 5.82 Å². The van der Waals surface area contributed by atoms with Crippen LogP contribution >= 0.6 is 11.6 Å². The van der Waals surface area contributed by atoms with Crippen LogP contribution in [0.5, 0.6) is 0 Å². The van der Waals surface area contributed by atoms with Crippen LogP contribution in [0.2, 0.25) is 5.02 Å². The first kappa shape index (κ1) is 21.9. The number of halogens is 5. The minimum absolute atomic E-state index is 0.0396. The van der Waals surface area contributed by atoms with E-state index < -0.39 is 23.6 Å². The quantitative estimate of drug-likeness (QED) is 0.266. The van der Waals surface area contributed by atoms with Crippen LogP contribution in [0.15, 0.2) is 77.2 Å². The van der Waals surface area contributed by atoms with E-state index >= 15 is 0 Å². The van der Waals surface area contributed by atoms with Gasteiger partial charge in [-0.3, -0.25) is 4.79 Å². The molecule has 0 aliphatic carbocycles. The van der Waals surface area contributed by atoms with Gasteiger partial charge in [-0.05, 0) is 42.5 Å². The molecular weight excluding hydrogens is 472 g/mol. The van der Waals surface area contributed by atoms with Gasteiger partial charge >= 0.3 is 6.18 Å². The molecule has 2 aromatic carbocycles. The number of carbonyl (C=O) groups is 1. The molecule has 4 nitrogen and oxygen atoms in total. The summed E-state index contributed by atoms with van der Waals surface area (Å²) >= 11 is 6.34. The van der Waals surface area contributed by atoms with Crippen LogP contribution in [-0.2, 0) is 6.18 Å². The molecule has 1 N–H and O–H groups in total. The van der Waals surface area contributed by atoms with Crippen LogP contribution < -0.4 is 5.32 Å². The number of aromatic nitrogens is 1. The van der Waals surface area contributed by atoms with Crippen molar-refractivity contribution >= 4 is 34.4 Å². The molecule has 0 unspecified atom stereocenters. The number of alkyl halides is 3. The number of anilines is 1. The lowest BCUT2D eigenvalue weighted by atomic mass is 10.0. The number of nitrogens with one attached hydrogen (secondary N) is 1. The van der Waals surface area contributed by atoms with Crippen LogP contribution in [0.4, 0.5) is 23.2 Å². The zero-order valence-corrected chi connectivity index (χ0v) is 17.8. The fourth-order valence-corrected chi connectivity index (χ4v) is 4.03. The molecule has 2 bridgehead atoms. The number of furan rings is 2. The topological polar surface area (TPSA) is 55.1 Å². The molecule has 0 saturated heterocycles. The van der Waals surface area contributed by atoms with E-state index in [0.29, 0.717) is 16.8 Å². The van der Waals surface area contributed by atoms with E-state index in [4.69, 9.17) is 16.0 Å². The van der Waals surface area contributed by atoms with Crippen molar-refractivity contribution in [2.24, 2.45) is 0 Å². The summed E-state index contributed by atoms with van der Waals surface area (Å²) in [5.41, 5.74) is 0.611. The standard InChI is InChI=1S/C25H13ClF4N2O2/c26-16-12-13(8-9-14(16)15-4-1-2-5-17(15)27)31-24(33)23-20-11-10-19(34-20)22(23)18-6-3-7-21(32-18)25(28,29)30/h1-12H,(H,31,33). The molecule has 34 heavy (non-hydrogen) atoms. The van der Waals surface area contributed by atoms with Crippen LogP contribution in [0.1, 0.15) is 16.1 Å². The van der Waals surface area contributed by atoms with Crippen molar-refractivity contribution in [3.05, 3.63) is 94.9 Å². The van der Waals surface area contributed by atoms with Crippen molar-refractivity contribution in [2.75, 3.05) is 5.32 Å². The number of amides is 1. The molecule has 3 heterocycles. The Morgan fingerprint density at radius 2 is 1.68 bits per heavy atom. The normalized spacial score (nSPS) is 11.8. The number of pyridine rings is 1. The van der Waals surface area contributed by atoms with Gasteiger partial charge in [-0.1, -0.05) is 41.9 Å². The summed E-state index contributed by atoms with van der Waals surface area (Å²) in [6.45, 7) is 0. The Hall–Kier alpha value is -3.91. The molecule has 5 aromatic rings. The van der Waals surface area contributed by atoms with E-state index in [1.54, 1.807) is 42.5 Å². The maximum absolute atomic E-state index is 14.1. The summed E-state index contributed by atoms with van der Waals surface area (Å²) in [6, 6.07) is 17.3. The van der Waals surface area contributed by atoms with Crippen LogP contribution in [0.3, 0.4) is 0 Å². The highest BCUT2D eigenvalue weighted by Gasteiger charge is 2.33. The van der Waals surface area contributed by atoms with E-state index in [-0.39, 0.29) is 33.0 Å². The van der Waals surface area contributed by atoms with Crippen molar-refractivity contribution in [2.45, 2.75) is 6.18 Å². The zero-order chi connectivity index (χ0) is 24.0. The van der Waals surface area contributed by atoms with Gasteiger partial charge in [-0.15, -0.1) is 0 Å². The Labute approximate surface area is 195 Å². The predicted molar refractivity (Wildman–Crippen MR) is 120 cm³/mol. The summed E-state index contributed by atoms with van der Waals surface area (Å²) in [5, 5.41) is 2.89. The molecule has 170 valence electrons. The molecule has 0 atom stereocenters. The van der Waals surface area contributed by atoms with Gasteiger partial charge < -0.3 is 9.73 Å². The number of nitrogens with zero attached hydrogens (tertiary/aromatic N) is 1. The average Bonchev–Trinajstić information content (AvgIpc) is 3.41. The third-order valence-electron chi connectivity index (χ3n) is 5.26. The minimum Gasteiger partial charge on any atom is -0.456 e. The lowest BCUT2D eigenvalue weighted by Crippen LogP contribution is -2.13. The molecule has 0 fully saturated rings. The van der Waals surface area contributed by atoms with E-state index in [0.717, 1.165) is 6.07 Å². The molecule has 0 saturated carbocycles. The Morgan fingerprint density at radius 3 is 2.41 bits per heavy atom. The smallest absolute Gasteiger partial charge is 0.433 e. The van der Waals surface area contributed by atoms with Gasteiger partial charge in [0.2, 0.25) is 0 Å². The van der Waals surface area contributed by atoms with Gasteiger partial charge in [0.15, 0.2) is 0 Å². The van der Waals surface area contributed by atoms with Gasteiger partial charge in [0.1, 0.15) is 22.7 Å². The summed E-state index contributed by atoms with van der Waals surface area (Å²) in [5.74, 6) is -1.05. The molecule has 9 heteroatoms. The highest BCUT2D eigenvalue weighted by molar-refractivity contribution is 6.33. The van der Waals surface area contributed by atoms with Gasteiger partial charge in [0.05, 0.1) is 21.8 Å². The SMILES string of the molecule is O=C(Nc1ccc(-c2ccccc2F)c(Cl)c1)c1c(-c2cccc(C(F)(F)F)n2)c2ccc1o2. The van der Waals surface area contributed by atoms with E-state index in [1.165, 1.54) is 24.3 Å². The first-order valence-corrected chi connectivity index (χ1v) is 10.4. The monoisotopic (exact) mass is 484 g/mol. The minimum atomic E-state index is -4.64. The van der Waals surface area contributed by atoms with Gasteiger partial charge in [0.25, 0.3) is 5.91 Å². The lowest BCUT2D eigenvalue weighted by molar-refractivity contribution is -0.141. The number of benzene rings is 3. The van der Waals surface area contributed by atoms with Crippen molar-refractivity contribution in [3.63, 3.8) is 0 Å². The fourth-order valence-electron chi connectivity index (χ4n) is 3.75. The number of fused-ring (bicyclic) bond motifs is 2. The summed E-state index contributed by atoms with van der Waals surface area (Å²) in [7, 11) is 0. The number of hydrogen-bond donors (Lipinski definition) is 1. The zero-order valence-electron chi connectivity index (χ0n) is 17.1. The molecule has 1 amide bonds. The Kier molecular flexibility index (Phi) is 5.25. The first-order valence-electron chi connectivity index (χ1n) is 9.97. The summed E-state index contributed by atoms with van der Waals surface area (Å²) < 4.78 is 59.1. The molecule has 0 aliphatic heterocycles. The second-order valence-electron chi connectivity index (χ2n) is 7.45. The molecule has 5 rings (SSSR count). The number of hydrogen-bond acceptors (Lipinski definition) is 3.